The van der Waals surface area contributed by atoms with Gasteiger partial charge in [-0.3, -0.25) is 47.9 Å². The quantitative estimate of drug-likeness (QED) is 0.0556. The number of hydrogen-bond acceptors (Lipinski definition) is 11. The molecule has 0 spiro atoms. The molecule has 0 bridgehead atoms. The average molecular weight is 1140 g/mol. The van der Waals surface area contributed by atoms with Gasteiger partial charge in [-0.25, -0.2) is 0 Å². The van der Waals surface area contributed by atoms with Gasteiger partial charge in [0.25, 0.3) is 0 Å². The number of rotatable bonds is 36. The monoisotopic (exact) mass is 1140 g/mol. The average Bonchev–Trinajstić information content (AvgIpc) is 3.38. The molecule has 0 heterocycles. The lowest BCUT2D eigenvalue weighted by Gasteiger charge is -2.36. The van der Waals surface area contributed by atoms with Gasteiger partial charge in [0.15, 0.2) is 0 Å². The predicted molar refractivity (Wildman–Crippen MR) is 320 cm³/mol. The molecule has 0 aromatic rings. The number of nitrogens with one attached hydrogen (secondary N) is 5. The maximum absolute atomic E-state index is 14.5. The number of carbonyl (C=O) groups excluding carboxylic acids is 10. The van der Waals surface area contributed by atoms with E-state index < -0.39 is 108 Å². The molecule has 21 heteroatoms. The smallest absolute Gasteiger partial charge is 0.245 e. The summed E-state index contributed by atoms with van der Waals surface area (Å²) in [6.45, 7) is 31.0. The fourth-order valence-corrected chi connectivity index (χ4v) is 9.52. The fraction of sp³-hybridized carbons (Fsp3) is 0.767. The number of nitrogens with zero attached hydrogens (tertiary/aromatic N) is 6. The maximum atomic E-state index is 14.5. The molecule has 5 N–H and O–H groups in total. The van der Waals surface area contributed by atoms with Crippen LogP contribution < -0.4 is 26.6 Å². The largest absolute Gasteiger partial charge is 0.343 e. The van der Waals surface area contributed by atoms with E-state index in [1.54, 1.807) is 59.9 Å². The van der Waals surface area contributed by atoms with Crippen molar-refractivity contribution >= 4 is 59.1 Å². The Balaban J connectivity index is 6.40. The van der Waals surface area contributed by atoms with Crippen LogP contribution in [0.15, 0.2) is 24.8 Å². The van der Waals surface area contributed by atoms with Gasteiger partial charge in [0.05, 0.1) is 13.1 Å². The summed E-state index contributed by atoms with van der Waals surface area (Å²) in [5.41, 5.74) is 0. The molecule has 0 aliphatic rings. The summed E-state index contributed by atoms with van der Waals surface area (Å²) in [5, 5.41) is 13.9. The van der Waals surface area contributed by atoms with Crippen LogP contribution in [-0.2, 0) is 47.9 Å². The molecule has 0 aliphatic carbocycles. The van der Waals surface area contributed by atoms with Crippen LogP contribution >= 0.6 is 0 Å². The first-order valence-electron chi connectivity index (χ1n) is 29.2. The van der Waals surface area contributed by atoms with E-state index >= 15 is 0 Å². The van der Waals surface area contributed by atoms with Crippen molar-refractivity contribution in [3.63, 3.8) is 0 Å². The highest BCUT2D eigenvalue weighted by molar-refractivity contribution is 5.98. The van der Waals surface area contributed by atoms with Crippen LogP contribution in [0, 0.1) is 35.5 Å². The highest BCUT2D eigenvalue weighted by Gasteiger charge is 2.40. The molecule has 0 aromatic heterocycles. The molecule has 464 valence electrons. The van der Waals surface area contributed by atoms with Crippen molar-refractivity contribution < 1.29 is 47.9 Å². The normalized spacial score (nSPS) is 15.3. The van der Waals surface area contributed by atoms with Crippen LogP contribution in [0.2, 0.25) is 0 Å². The maximum Gasteiger partial charge on any atom is 0.245 e. The summed E-state index contributed by atoms with van der Waals surface area (Å²) in [6, 6.07) is -8.26. The van der Waals surface area contributed by atoms with E-state index in [2.05, 4.69) is 47.0 Å². The van der Waals surface area contributed by atoms with E-state index in [0.717, 1.165) is 6.42 Å². The first-order valence-corrected chi connectivity index (χ1v) is 29.2. The third-order valence-corrected chi connectivity index (χ3v) is 14.7. The molecule has 0 rings (SSSR count). The highest BCUT2D eigenvalue weighted by Crippen LogP contribution is 2.21. The Kier molecular flexibility index (Phi) is 33.9. The third kappa shape index (κ3) is 25.0. The van der Waals surface area contributed by atoms with E-state index in [9.17, 15) is 47.9 Å². The van der Waals surface area contributed by atoms with Gasteiger partial charge in [0, 0.05) is 48.3 Å². The Morgan fingerprint density at radius 2 is 0.914 bits per heavy atom. The van der Waals surface area contributed by atoms with Gasteiger partial charge in [-0.2, -0.15) is 0 Å². The molecule has 0 fully saturated rings. The molecule has 10 amide bonds. The van der Waals surface area contributed by atoms with E-state index in [4.69, 9.17) is 0 Å². The summed E-state index contributed by atoms with van der Waals surface area (Å²) >= 11 is 0. The van der Waals surface area contributed by atoms with E-state index in [1.807, 2.05) is 67.5 Å². The first-order chi connectivity index (χ1) is 37.5. The second kappa shape index (κ2) is 36.6. The Hall–Kier alpha value is -5.86. The number of amides is 10. The Morgan fingerprint density at radius 3 is 1.40 bits per heavy atom. The van der Waals surface area contributed by atoms with Crippen molar-refractivity contribution in [2.24, 2.45) is 35.5 Å². The van der Waals surface area contributed by atoms with Crippen LogP contribution in [0.5, 0.6) is 0 Å². The zero-order chi connectivity index (χ0) is 62.9. The van der Waals surface area contributed by atoms with Gasteiger partial charge in [0.1, 0.15) is 48.3 Å². The highest BCUT2D eigenvalue weighted by atomic mass is 16.2. The minimum absolute atomic E-state index is 0.00212. The second-order valence-electron chi connectivity index (χ2n) is 24.4. The van der Waals surface area contributed by atoms with Crippen molar-refractivity contribution in [1.82, 2.24) is 56.0 Å². The van der Waals surface area contributed by atoms with E-state index in [0.29, 0.717) is 25.2 Å². The molecule has 0 aromatic carbocycles. The summed E-state index contributed by atoms with van der Waals surface area (Å²) < 4.78 is 0. The molecule has 21 nitrogen and oxygen atoms in total. The lowest BCUT2D eigenvalue weighted by Crippen LogP contribution is -2.60. The summed E-state index contributed by atoms with van der Waals surface area (Å²) in [6.07, 6.45) is 8.13. The minimum Gasteiger partial charge on any atom is -0.343 e. The molecule has 0 saturated carbocycles. The number of carbonyl (C=O) groups is 10. The van der Waals surface area contributed by atoms with Gasteiger partial charge < -0.3 is 56.0 Å². The van der Waals surface area contributed by atoms with Gasteiger partial charge in [-0.05, 0) is 108 Å². The predicted octanol–water partition coefficient (Wildman–Crippen LogP) is 4.21. The third-order valence-electron chi connectivity index (χ3n) is 14.7. The lowest BCUT2D eigenvalue weighted by atomic mass is 9.96. The number of allylic oxidation sites excluding steroid dienone is 3. The van der Waals surface area contributed by atoms with Crippen molar-refractivity contribution in [1.29, 1.82) is 0 Å². The first kappa shape index (κ1) is 75.1. The van der Waals surface area contributed by atoms with Crippen molar-refractivity contribution in [3.05, 3.63) is 24.8 Å². The molecule has 10 atom stereocenters. The topological polar surface area (TPSA) is 250 Å². The van der Waals surface area contributed by atoms with Gasteiger partial charge in [-0.15, -0.1) is 0 Å². The molecule has 0 radical (unpaired) electrons. The van der Waals surface area contributed by atoms with Crippen LogP contribution in [0.25, 0.3) is 0 Å². The zero-order valence-electron chi connectivity index (χ0n) is 53.7. The molecular formula is C60H109N11O10. The number of hydrogen-bond donors (Lipinski definition) is 5. The zero-order valence-corrected chi connectivity index (χ0v) is 53.7. The second-order valence-corrected chi connectivity index (χ2v) is 24.4. The van der Waals surface area contributed by atoms with E-state index in [-0.39, 0.29) is 67.3 Å². The van der Waals surface area contributed by atoms with Crippen LogP contribution in [0.3, 0.4) is 0 Å². The van der Waals surface area contributed by atoms with Crippen LogP contribution in [-0.4, -0.2) is 205 Å². The van der Waals surface area contributed by atoms with Crippen molar-refractivity contribution in [2.75, 3.05) is 62.4 Å². The van der Waals surface area contributed by atoms with E-state index in [1.165, 1.54) is 59.5 Å². The summed E-state index contributed by atoms with van der Waals surface area (Å²) in [4.78, 5) is 147. The standard InChI is InChI=1S/C60H109N11O10/c1-24-26-27-28-41(13)33-48(68(20)50(72)34-61-17)55(76)64-45(25-2)58(79)66(18)35-51(73)69(21)46(30-37(5)6)56(77)65-52(40(11)12)60(81)70(22)47(31-38(7)8)54(75)62-43(15)53(74)63-44(16)57(78)71(23)49(32-39(9)10)59(80)67(19)42(14)29-36(3)4/h24,26-27,36-49,52,61H,1,25,28-35H2,2-23H3,(H,62,75)(H,63,74)(H,64,76)(H,65,77)/b27-26+/t41-,42-,43+,44-,45+,46+,47+,48?,49?,52?/m1/s1. The van der Waals surface area contributed by atoms with Crippen molar-refractivity contribution in [3.8, 4) is 0 Å². The molecule has 0 aliphatic heterocycles. The fourth-order valence-electron chi connectivity index (χ4n) is 9.52. The summed E-state index contributed by atoms with van der Waals surface area (Å²) in [7, 11) is 10.8. The lowest BCUT2D eigenvalue weighted by molar-refractivity contribution is -0.147. The van der Waals surface area contributed by atoms with Gasteiger partial charge >= 0.3 is 0 Å². The minimum atomic E-state index is -1.15. The Morgan fingerprint density at radius 1 is 0.469 bits per heavy atom. The van der Waals surface area contributed by atoms with Crippen molar-refractivity contribution in [2.45, 2.75) is 203 Å². The Bertz CT molecular complexity index is 2110. The molecular weight excluding hydrogens is 1030 g/mol. The Labute approximate surface area is 487 Å². The summed E-state index contributed by atoms with van der Waals surface area (Å²) in [5.74, 6) is -5.33. The van der Waals surface area contributed by atoms with Gasteiger partial charge in [0.2, 0.25) is 59.1 Å². The van der Waals surface area contributed by atoms with Gasteiger partial charge in [-0.1, -0.05) is 108 Å². The SMILES string of the molecule is C=C/C=C/C[C@@H](C)CC(C(=O)N[C@@H](CC)C(=O)N(C)CC(=O)N(C)[C@@H](CC(C)C)C(=O)NC(C(=O)N(C)[C@@H](CC(C)C)C(=O)N[C@@H](C)C(=O)N[C@H](C)C(=O)N(C)C(CC(C)C)C(=O)N(C)[C@H](C)CC(C)C)C(C)C)N(C)C(=O)CNC. The number of likely N-dealkylation sites (N-methyl/N-ethyl adjacent to an activating group) is 7. The molecule has 3 unspecified atom stereocenters. The molecule has 81 heavy (non-hydrogen) atoms. The molecule has 0 saturated heterocycles. The van der Waals surface area contributed by atoms with Crippen LogP contribution in [0.4, 0.5) is 0 Å². The van der Waals surface area contributed by atoms with Crippen LogP contribution in [0.1, 0.15) is 149 Å².